The Bertz CT molecular complexity index is 1190. The monoisotopic (exact) mass is 509 g/mol. The molecule has 2 aliphatic heterocycles. The fraction of sp³-hybridized carbons (Fsp3) is 0.409. The molecule has 0 radical (unpaired) electrons. The van der Waals surface area contributed by atoms with Crippen molar-refractivity contribution in [2.45, 2.75) is 30.8 Å². The van der Waals surface area contributed by atoms with E-state index in [1.54, 1.807) is 0 Å². The number of amides is 1. The maximum absolute atomic E-state index is 15.1. The number of cyclic esters (lactones) is 1. The molecule has 4 rings (SSSR count). The van der Waals surface area contributed by atoms with E-state index in [1.807, 2.05) is 0 Å². The van der Waals surface area contributed by atoms with Gasteiger partial charge < -0.3 is 14.4 Å². The van der Waals surface area contributed by atoms with Gasteiger partial charge in [-0.25, -0.2) is 27.4 Å². The van der Waals surface area contributed by atoms with Gasteiger partial charge in [-0.15, -0.1) is 4.41 Å². The Balaban J connectivity index is 1.48. The molecule has 2 aromatic rings. The Labute approximate surface area is 201 Å². The SMILES string of the molecule is CC(=O)CC[C@H]1CN(c2cc(F)c(N3CCNN(S(=O)(=O)c4cccnc4)CC3)c(F)c2)C(=O)O1. The molecule has 0 bridgehead atoms. The second-order valence-electron chi connectivity index (χ2n) is 8.28. The van der Waals surface area contributed by atoms with Crippen LogP contribution in [0.3, 0.4) is 0 Å². The van der Waals surface area contributed by atoms with Crippen LogP contribution in [0.15, 0.2) is 41.6 Å². The maximum atomic E-state index is 15.1. The topological polar surface area (TPSA) is 112 Å². The highest BCUT2D eigenvalue weighted by Gasteiger charge is 2.34. The minimum Gasteiger partial charge on any atom is -0.444 e. The number of sulfonamides is 1. The summed E-state index contributed by atoms with van der Waals surface area (Å²) in [6, 6.07) is 5.02. The predicted octanol–water partition coefficient (Wildman–Crippen LogP) is 2.07. The second-order valence-corrected chi connectivity index (χ2v) is 10.1. The molecule has 2 fully saturated rings. The maximum Gasteiger partial charge on any atom is 0.414 e. The largest absolute Gasteiger partial charge is 0.444 e. The van der Waals surface area contributed by atoms with Gasteiger partial charge in [0.1, 0.15) is 22.5 Å². The number of hydrogen-bond donors (Lipinski definition) is 1. The van der Waals surface area contributed by atoms with Crippen molar-refractivity contribution >= 4 is 33.3 Å². The van der Waals surface area contributed by atoms with Gasteiger partial charge in [0.05, 0.1) is 12.2 Å². The average molecular weight is 510 g/mol. The molecule has 35 heavy (non-hydrogen) atoms. The van der Waals surface area contributed by atoms with Crippen LogP contribution in [-0.4, -0.2) is 68.5 Å². The number of Topliss-reactive ketones (excluding diaryl/α,β-unsaturated/α-hetero) is 1. The van der Waals surface area contributed by atoms with E-state index in [2.05, 4.69) is 10.4 Å². The summed E-state index contributed by atoms with van der Waals surface area (Å²) in [5.74, 6) is -1.81. The van der Waals surface area contributed by atoms with E-state index in [4.69, 9.17) is 4.74 Å². The first-order valence-corrected chi connectivity index (χ1v) is 12.5. The Hall–Kier alpha value is -3.16. The van der Waals surface area contributed by atoms with Gasteiger partial charge in [0.25, 0.3) is 10.0 Å². The number of ether oxygens (including phenoxy) is 1. The zero-order chi connectivity index (χ0) is 25.2. The van der Waals surface area contributed by atoms with Crippen LogP contribution in [0.25, 0.3) is 0 Å². The number of carbonyl (C=O) groups is 2. The quantitative estimate of drug-likeness (QED) is 0.604. The summed E-state index contributed by atoms with van der Waals surface area (Å²) >= 11 is 0. The smallest absolute Gasteiger partial charge is 0.414 e. The lowest BCUT2D eigenvalue weighted by molar-refractivity contribution is -0.117. The van der Waals surface area contributed by atoms with Crippen molar-refractivity contribution in [3.8, 4) is 0 Å². The molecule has 1 N–H and O–H groups in total. The van der Waals surface area contributed by atoms with Crippen LogP contribution in [0.1, 0.15) is 19.8 Å². The molecule has 2 aliphatic rings. The standard InChI is InChI=1S/C22H25F2N5O5S/c1-15(30)4-5-17-14-28(22(31)34-17)16-11-19(23)21(20(24)12-16)27-8-7-26-29(10-9-27)35(32,33)18-3-2-6-25-13-18/h2-3,6,11-13,17,26H,4-5,7-10,14H2,1H3/t17-/m0/s1. The van der Waals surface area contributed by atoms with Crippen LogP contribution in [0.5, 0.6) is 0 Å². The fourth-order valence-electron chi connectivity index (χ4n) is 4.02. The van der Waals surface area contributed by atoms with Crippen molar-refractivity contribution in [3.05, 3.63) is 48.3 Å². The molecule has 1 amide bonds. The third-order valence-corrected chi connectivity index (χ3v) is 7.52. The molecular weight excluding hydrogens is 484 g/mol. The van der Waals surface area contributed by atoms with Crippen LogP contribution in [0, 0.1) is 11.6 Å². The number of ketones is 1. The number of benzene rings is 1. The number of hydrazine groups is 1. The minimum absolute atomic E-state index is 0.00164. The van der Waals surface area contributed by atoms with Gasteiger partial charge in [0.15, 0.2) is 11.6 Å². The van der Waals surface area contributed by atoms with Crippen LogP contribution in [-0.2, 0) is 19.6 Å². The highest BCUT2D eigenvalue weighted by atomic mass is 32.2. The van der Waals surface area contributed by atoms with Gasteiger partial charge in [-0.1, -0.05) is 0 Å². The van der Waals surface area contributed by atoms with Gasteiger partial charge in [-0.3, -0.25) is 9.88 Å². The molecular formula is C22H25F2N5O5S. The summed E-state index contributed by atoms with van der Waals surface area (Å²) in [5.41, 5.74) is 2.48. The molecule has 188 valence electrons. The van der Waals surface area contributed by atoms with Crippen molar-refractivity contribution in [1.82, 2.24) is 14.8 Å². The molecule has 0 unspecified atom stereocenters. The van der Waals surface area contributed by atoms with Crippen molar-refractivity contribution in [2.75, 3.05) is 42.5 Å². The van der Waals surface area contributed by atoms with Crippen molar-refractivity contribution < 1.29 is 31.5 Å². The van der Waals surface area contributed by atoms with E-state index in [1.165, 1.54) is 36.4 Å². The molecule has 2 saturated heterocycles. The average Bonchev–Trinajstić information content (AvgIpc) is 3.02. The second kappa shape index (κ2) is 10.2. The highest BCUT2D eigenvalue weighted by Crippen LogP contribution is 2.32. The van der Waals surface area contributed by atoms with E-state index >= 15 is 8.78 Å². The summed E-state index contributed by atoms with van der Waals surface area (Å²) in [6.07, 6.45) is 1.98. The lowest BCUT2D eigenvalue weighted by Crippen LogP contribution is -2.43. The van der Waals surface area contributed by atoms with E-state index in [0.29, 0.717) is 6.42 Å². The summed E-state index contributed by atoms with van der Waals surface area (Å²) in [5, 5.41) is 0. The number of hydrogen-bond acceptors (Lipinski definition) is 8. The van der Waals surface area contributed by atoms with Crippen molar-refractivity contribution in [1.29, 1.82) is 0 Å². The Morgan fingerprint density at radius 1 is 1.23 bits per heavy atom. The number of rotatable bonds is 7. The summed E-state index contributed by atoms with van der Waals surface area (Å²) in [4.78, 5) is 29.8. The summed E-state index contributed by atoms with van der Waals surface area (Å²) in [6.45, 7) is 1.75. The number of anilines is 2. The summed E-state index contributed by atoms with van der Waals surface area (Å²) < 4.78 is 62.1. The third kappa shape index (κ3) is 5.41. The summed E-state index contributed by atoms with van der Waals surface area (Å²) in [7, 11) is -3.88. The lowest BCUT2D eigenvalue weighted by atomic mass is 10.1. The van der Waals surface area contributed by atoms with Crippen LogP contribution in [0.4, 0.5) is 25.0 Å². The van der Waals surface area contributed by atoms with Gasteiger partial charge >= 0.3 is 6.09 Å². The molecule has 1 aromatic carbocycles. The van der Waals surface area contributed by atoms with Gasteiger partial charge in [-0.05, 0) is 25.5 Å². The van der Waals surface area contributed by atoms with E-state index < -0.39 is 33.9 Å². The Kier molecular flexibility index (Phi) is 7.28. The number of aromatic nitrogens is 1. The minimum atomic E-state index is -3.88. The Morgan fingerprint density at radius 3 is 2.63 bits per heavy atom. The molecule has 0 spiro atoms. The number of carbonyl (C=O) groups excluding carboxylic acids is 2. The zero-order valence-electron chi connectivity index (χ0n) is 19.0. The van der Waals surface area contributed by atoms with E-state index in [0.717, 1.165) is 21.4 Å². The van der Waals surface area contributed by atoms with Gasteiger partial charge in [0, 0.05) is 57.1 Å². The normalized spacial score (nSPS) is 19.5. The number of pyridine rings is 1. The van der Waals surface area contributed by atoms with E-state index in [9.17, 15) is 18.0 Å². The lowest BCUT2D eigenvalue weighted by Gasteiger charge is -2.25. The first-order valence-electron chi connectivity index (χ1n) is 11.0. The van der Waals surface area contributed by atoms with Gasteiger partial charge in [0.2, 0.25) is 0 Å². The van der Waals surface area contributed by atoms with Crippen LogP contribution >= 0.6 is 0 Å². The molecule has 1 atom stereocenters. The zero-order valence-corrected chi connectivity index (χ0v) is 19.8. The van der Waals surface area contributed by atoms with Gasteiger partial charge in [-0.2, -0.15) is 0 Å². The van der Waals surface area contributed by atoms with Crippen LogP contribution in [0.2, 0.25) is 0 Å². The molecule has 13 heteroatoms. The first-order chi connectivity index (χ1) is 16.7. The molecule has 0 aliphatic carbocycles. The fourth-order valence-corrected chi connectivity index (χ4v) is 5.31. The van der Waals surface area contributed by atoms with E-state index in [-0.39, 0.29) is 61.2 Å². The number of nitrogens with one attached hydrogen (secondary N) is 1. The predicted molar refractivity (Wildman–Crippen MR) is 122 cm³/mol. The van der Waals surface area contributed by atoms with Crippen molar-refractivity contribution in [2.24, 2.45) is 0 Å². The molecule has 0 saturated carbocycles. The number of halogens is 2. The third-order valence-electron chi connectivity index (χ3n) is 5.79. The molecule has 1 aromatic heterocycles. The van der Waals surface area contributed by atoms with Crippen molar-refractivity contribution in [3.63, 3.8) is 0 Å². The highest BCUT2D eigenvalue weighted by molar-refractivity contribution is 7.89. The molecule has 10 nitrogen and oxygen atoms in total. The van der Waals surface area contributed by atoms with Crippen LogP contribution < -0.4 is 15.2 Å². The number of nitrogens with zero attached hydrogens (tertiary/aromatic N) is 4. The molecule has 3 heterocycles. The Morgan fingerprint density at radius 2 is 1.97 bits per heavy atom. The first kappa shape index (κ1) is 24.9.